The number of aryl methyl sites for hydroxylation is 2. The van der Waals surface area contributed by atoms with Crippen LogP contribution in [0.15, 0.2) is 18.2 Å². The van der Waals surface area contributed by atoms with E-state index < -0.39 is 0 Å². The van der Waals surface area contributed by atoms with Gasteiger partial charge in [-0.25, -0.2) is 0 Å². The Balaban J connectivity index is 1.75. The summed E-state index contributed by atoms with van der Waals surface area (Å²) in [4.78, 5) is 34.7. The smallest absolute Gasteiger partial charge is 0.307 e. The molecule has 1 N–H and O–H groups in total. The number of hydrogen-bond donors (Lipinski definition) is 1. The molecule has 0 aliphatic heterocycles. The Labute approximate surface area is 130 Å². The number of carbonyl (C=O) groups is 3. The van der Waals surface area contributed by atoms with Gasteiger partial charge in [0.05, 0.1) is 13.5 Å². The lowest BCUT2D eigenvalue weighted by atomic mass is 10.0. The maximum absolute atomic E-state index is 12.1. The number of esters is 1. The summed E-state index contributed by atoms with van der Waals surface area (Å²) in [5.74, 6) is -0.606. The van der Waals surface area contributed by atoms with Crippen molar-refractivity contribution in [2.24, 2.45) is 0 Å². The molecule has 0 spiro atoms. The van der Waals surface area contributed by atoms with Crippen LogP contribution in [0.2, 0.25) is 0 Å². The molecule has 0 heterocycles. The number of rotatable bonds is 7. The average Bonchev–Trinajstić information content (AvgIpc) is 2.99. The fraction of sp³-hybridized carbons (Fsp3) is 0.471. The molecule has 2 rings (SSSR count). The van der Waals surface area contributed by atoms with Crippen LogP contribution in [-0.4, -0.2) is 31.3 Å². The Kier molecular flexibility index (Phi) is 5.69. The molecule has 0 bridgehead atoms. The Bertz CT molecular complexity index is 580. The number of Topliss-reactive ketones (excluding diaryl/α,β-unsaturated/α-hetero) is 1. The predicted molar refractivity (Wildman–Crippen MR) is 81.7 cm³/mol. The van der Waals surface area contributed by atoms with Crippen LogP contribution < -0.4 is 5.32 Å². The highest BCUT2D eigenvalue weighted by Crippen LogP contribution is 2.23. The molecule has 1 aliphatic carbocycles. The van der Waals surface area contributed by atoms with Gasteiger partial charge in [0.25, 0.3) is 0 Å². The molecule has 0 saturated carbocycles. The van der Waals surface area contributed by atoms with Crippen molar-refractivity contribution in [3.05, 3.63) is 34.9 Å². The van der Waals surface area contributed by atoms with Crippen molar-refractivity contribution in [3.8, 4) is 0 Å². The van der Waals surface area contributed by atoms with Gasteiger partial charge < -0.3 is 10.1 Å². The fourth-order valence-electron chi connectivity index (χ4n) is 2.61. The van der Waals surface area contributed by atoms with E-state index in [2.05, 4.69) is 10.1 Å². The number of ketones is 1. The first-order valence-corrected chi connectivity index (χ1v) is 7.58. The molecule has 5 heteroatoms. The lowest BCUT2D eigenvalue weighted by molar-refractivity contribution is -0.140. The molecule has 0 unspecified atom stereocenters. The summed E-state index contributed by atoms with van der Waals surface area (Å²) in [5, 5.41) is 2.60. The molecule has 0 fully saturated rings. The lowest BCUT2D eigenvalue weighted by Crippen LogP contribution is -2.26. The van der Waals surface area contributed by atoms with Crippen LogP contribution in [0, 0.1) is 0 Å². The van der Waals surface area contributed by atoms with Crippen LogP contribution >= 0.6 is 0 Å². The fourth-order valence-corrected chi connectivity index (χ4v) is 2.61. The van der Waals surface area contributed by atoms with E-state index in [4.69, 9.17) is 0 Å². The highest BCUT2D eigenvalue weighted by atomic mass is 16.5. The van der Waals surface area contributed by atoms with Gasteiger partial charge in [-0.2, -0.15) is 0 Å². The predicted octanol–water partition coefficient (Wildman–Crippen LogP) is 1.82. The number of methoxy groups -OCH3 is 1. The summed E-state index contributed by atoms with van der Waals surface area (Å²) < 4.78 is 4.48. The third-order valence-electron chi connectivity index (χ3n) is 3.88. The second kappa shape index (κ2) is 7.73. The van der Waals surface area contributed by atoms with Gasteiger partial charge in [-0.1, -0.05) is 12.1 Å². The molecule has 118 valence electrons. The normalized spacial score (nSPS) is 12.6. The number of nitrogens with one attached hydrogen (secondary N) is 1. The Morgan fingerprint density at radius 1 is 1.09 bits per heavy atom. The van der Waals surface area contributed by atoms with Gasteiger partial charge in [0.1, 0.15) is 0 Å². The van der Waals surface area contributed by atoms with Crippen LogP contribution in [0.25, 0.3) is 0 Å². The van der Waals surface area contributed by atoms with E-state index >= 15 is 0 Å². The number of carbonyl (C=O) groups excluding carboxylic acids is 3. The largest absolute Gasteiger partial charge is 0.469 e. The highest BCUT2D eigenvalue weighted by Gasteiger charge is 2.14. The van der Waals surface area contributed by atoms with Gasteiger partial charge in [0.2, 0.25) is 5.91 Å². The van der Waals surface area contributed by atoms with Gasteiger partial charge in [-0.15, -0.1) is 0 Å². The third kappa shape index (κ3) is 4.41. The molecular weight excluding hydrogens is 282 g/mol. The van der Waals surface area contributed by atoms with E-state index in [0.29, 0.717) is 5.56 Å². The van der Waals surface area contributed by atoms with Gasteiger partial charge in [-0.3, -0.25) is 14.4 Å². The number of ether oxygens (including phenoxy) is 1. The molecule has 0 radical (unpaired) electrons. The van der Waals surface area contributed by atoms with Crippen molar-refractivity contribution >= 4 is 17.7 Å². The van der Waals surface area contributed by atoms with E-state index in [1.54, 1.807) is 0 Å². The second-order valence-corrected chi connectivity index (χ2v) is 5.44. The minimum atomic E-state index is -0.366. The van der Waals surface area contributed by atoms with Crippen LogP contribution in [0.1, 0.15) is 47.2 Å². The number of amides is 1. The zero-order valence-electron chi connectivity index (χ0n) is 12.8. The van der Waals surface area contributed by atoms with Crippen molar-refractivity contribution < 1.29 is 19.1 Å². The molecule has 1 aromatic carbocycles. The Hall–Kier alpha value is -2.17. The maximum atomic E-state index is 12.1. The topological polar surface area (TPSA) is 72.5 Å². The van der Waals surface area contributed by atoms with Gasteiger partial charge in [0, 0.05) is 24.9 Å². The SMILES string of the molecule is COC(=O)CCNC(=O)CCC(=O)c1ccc2c(c1)CCC2. The third-order valence-corrected chi connectivity index (χ3v) is 3.88. The van der Waals surface area contributed by atoms with Crippen molar-refractivity contribution in [2.75, 3.05) is 13.7 Å². The maximum Gasteiger partial charge on any atom is 0.307 e. The first kappa shape index (κ1) is 16.2. The molecule has 1 aromatic rings. The minimum absolute atomic E-state index is 0.0159. The molecule has 1 aliphatic rings. The molecule has 0 atom stereocenters. The number of fused-ring (bicyclic) bond motifs is 1. The second-order valence-electron chi connectivity index (χ2n) is 5.44. The summed E-state index contributed by atoms with van der Waals surface area (Å²) in [6.07, 6.45) is 3.73. The zero-order chi connectivity index (χ0) is 15.9. The molecular formula is C17H21NO4. The number of hydrogen-bond acceptors (Lipinski definition) is 4. The first-order chi connectivity index (χ1) is 10.6. The lowest BCUT2D eigenvalue weighted by Gasteiger charge is -2.06. The summed E-state index contributed by atoms with van der Waals surface area (Å²) in [7, 11) is 1.30. The average molecular weight is 303 g/mol. The molecule has 0 aromatic heterocycles. The highest BCUT2D eigenvalue weighted by molar-refractivity contribution is 5.98. The van der Waals surface area contributed by atoms with Gasteiger partial charge in [-0.05, 0) is 36.5 Å². The molecule has 0 saturated heterocycles. The van der Waals surface area contributed by atoms with Crippen LogP contribution in [0.5, 0.6) is 0 Å². The van der Waals surface area contributed by atoms with E-state index in [-0.39, 0.29) is 43.5 Å². The van der Waals surface area contributed by atoms with Crippen molar-refractivity contribution in [2.45, 2.75) is 38.5 Å². The summed E-state index contributed by atoms with van der Waals surface area (Å²) in [5.41, 5.74) is 3.27. The van der Waals surface area contributed by atoms with Crippen LogP contribution in [-0.2, 0) is 27.2 Å². The Morgan fingerprint density at radius 2 is 1.86 bits per heavy atom. The summed E-state index contributed by atoms with van der Waals surface area (Å²) in [6, 6.07) is 5.83. The minimum Gasteiger partial charge on any atom is -0.469 e. The number of benzene rings is 1. The Morgan fingerprint density at radius 3 is 2.64 bits per heavy atom. The quantitative estimate of drug-likeness (QED) is 0.616. The summed E-state index contributed by atoms with van der Waals surface area (Å²) in [6.45, 7) is 0.235. The molecule has 1 amide bonds. The molecule has 22 heavy (non-hydrogen) atoms. The van der Waals surface area contributed by atoms with Crippen molar-refractivity contribution in [3.63, 3.8) is 0 Å². The van der Waals surface area contributed by atoms with E-state index in [9.17, 15) is 14.4 Å². The monoisotopic (exact) mass is 303 g/mol. The zero-order valence-corrected chi connectivity index (χ0v) is 12.8. The van der Waals surface area contributed by atoms with Gasteiger partial charge in [0.15, 0.2) is 5.78 Å². The van der Waals surface area contributed by atoms with E-state index in [0.717, 1.165) is 19.3 Å². The standard InChI is InChI=1S/C17H21NO4/c1-22-17(21)9-10-18-16(20)8-7-15(19)14-6-5-12-3-2-4-13(12)11-14/h5-6,11H,2-4,7-10H2,1H3,(H,18,20). The van der Waals surface area contributed by atoms with E-state index in [1.807, 2.05) is 18.2 Å². The first-order valence-electron chi connectivity index (χ1n) is 7.58. The summed E-state index contributed by atoms with van der Waals surface area (Å²) >= 11 is 0. The van der Waals surface area contributed by atoms with Crippen molar-refractivity contribution in [1.29, 1.82) is 0 Å². The van der Waals surface area contributed by atoms with Crippen LogP contribution in [0.4, 0.5) is 0 Å². The van der Waals surface area contributed by atoms with E-state index in [1.165, 1.54) is 18.2 Å². The van der Waals surface area contributed by atoms with Gasteiger partial charge >= 0.3 is 5.97 Å². The van der Waals surface area contributed by atoms with Crippen LogP contribution in [0.3, 0.4) is 0 Å². The van der Waals surface area contributed by atoms with Crippen molar-refractivity contribution in [1.82, 2.24) is 5.32 Å². The molecule has 5 nitrogen and oxygen atoms in total.